The Hall–Kier alpha value is 0.930. The van der Waals surface area contributed by atoms with Crippen LogP contribution < -0.4 is 34.8 Å². The summed E-state index contributed by atoms with van der Waals surface area (Å²) in [6.45, 7) is 1.60. The van der Waals surface area contributed by atoms with E-state index in [0.717, 1.165) is 6.07 Å². The molecule has 102 valence electrons. The number of halogens is 1. The van der Waals surface area contributed by atoms with Crippen LogP contribution >= 0.6 is 34.6 Å². The summed E-state index contributed by atoms with van der Waals surface area (Å²) in [7, 11) is -3.41. The molecular formula is C9H10INaO6S2. The maximum absolute atomic E-state index is 11.9. The van der Waals surface area contributed by atoms with E-state index in [1.54, 1.807) is 6.92 Å². The van der Waals surface area contributed by atoms with Crippen molar-refractivity contribution in [1.29, 1.82) is 0 Å². The molecule has 10 heteroatoms. The minimum Gasteiger partial charge on any atom is -0.691 e. The van der Waals surface area contributed by atoms with Gasteiger partial charge in [0.05, 0.1) is 27.6 Å². The number of phenols is 1. The van der Waals surface area contributed by atoms with Gasteiger partial charge in [-0.2, -0.15) is 4.33 Å². The van der Waals surface area contributed by atoms with E-state index in [4.69, 9.17) is 0 Å². The van der Waals surface area contributed by atoms with E-state index in [1.807, 2.05) is 22.6 Å². The zero-order chi connectivity index (χ0) is 13.8. The molecule has 6 nitrogen and oxygen atoms in total. The van der Waals surface area contributed by atoms with E-state index in [2.05, 4.69) is 9.37 Å². The number of phenolic OH excluding ortho intramolecular Hbond substituents is 1. The molecule has 0 aliphatic heterocycles. The number of aromatic hydroxyl groups is 1. The summed E-state index contributed by atoms with van der Waals surface area (Å²) in [5.74, 6) is -0.282. The van der Waals surface area contributed by atoms with E-state index in [9.17, 15) is 18.8 Å². The largest absolute Gasteiger partial charge is 1.00 e. The molecule has 19 heavy (non-hydrogen) atoms. The second kappa shape index (κ2) is 9.05. The van der Waals surface area contributed by atoms with Crippen molar-refractivity contribution in [3.8, 4) is 5.75 Å². The van der Waals surface area contributed by atoms with Crippen molar-refractivity contribution in [2.45, 2.75) is 16.7 Å². The van der Waals surface area contributed by atoms with E-state index in [-0.39, 0.29) is 50.9 Å². The van der Waals surface area contributed by atoms with Crippen molar-refractivity contribution < 1.29 is 57.7 Å². The van der Waals surface area contributed by atoms with Crippen LogP contribution in [0.5, 0.6) is 5.75 Å². The molecule has 0 radical (unpaired) electrons. The quantitative estimate of drug-likeness (QED) is 0.142. The van der Waals surface area contributed by atoms with E-state index in [0.29, 0.717) is 22.0 Å². The van der Waals surface area contributed by atoms with Crippen LogP contribution in [0.3, 0.4) is 0 Å². The van der Waals surface area contributed by atoms with Crippen LogP contribution in [0.1, 0.15) is 5.56 Å². The molecule has 1 rings (SSSR count). The topological polar surface area (TPSA) is 95.9 Å². The molecule has 0 heterocycles. The minimum atomic E-state index is -3.41. The summed E-state index contributed by atoms with van der Waals surface area (Å²) in [5, 5.41) is 22.5. The first kappa shape index (κ1) is 19.9. The third kappa shape index (κ3) is 5.67. The number of sulfone groups is 1. The number of aryl methyl sites for hydroxylation is 1. The summed E-state index contributed by atoms with van der Waals surface area (Å²) in [4.78, 5) is 0.279. The summed E-state index contributed by atoms with van der Waals surface area (Å²) in [6, 6.07) is 2.56. The Labute approximate surface area is 151 Å². The van der Waals surface area contributed by atoms with Gasteiger partial charge < -0.3 is 10.4 Å². The maximum Gasteiger partial charge on any atom is 1.00 e. The standard InChI is InChI=1S/C9H11IO6S2.Na/c1-6-4-8(17-16-15-12)7(11)5-9(6)18(13,14)3-2-10;/h4-5,11-12H,2-3H2,1H3;/q;+1/p-1. The fourth-order valence-corrected chi connectivity index (χ4v) is 4.79. The first-order valence-electron chi connectivity index (χ1n) is 4.68. The molecule has 1 aromatic rings. The van der Waals surface area contributed by atoms with Crippen LogP contribution in [-0.4, -0.2) is 23.7 Å². The zero-order valence-electron chi connectivity index (χ0n) is 10.3. The van der Waals surface area contributed by atoms with Crippen LogP contribution in [0.4, 0.5) is 0 Å². The third-order valence-corrected chi connectivity index (χ3v) is 5.84. The van der Waals surface area contributed by atoms with E-state index < -0.39 is 9.84 Å². The molecule has 0 aliphatic carbocycles. The van der Waals surface area contributed by atoms with Crippen LogP contribution in [0.2, 0.25) is 0 Å². The molecule has 0 bridgehead atoms. The second-order valence-corrected chi connectivity index (χ2v) is 7.21. The summed E-state index contributed by atoms with van der Waals surface area (Å²) < 4.78 is 28.3. The molecular weight excluding hydrogens is 418 g/mol. The number of rotatable bonds is 6. The molecule has 0 unspecified atom stereocenters. The average Bonchev–Trinajstić information content (AvgIpc) is 2.29. The van der Waals surface area contributed by atoms with E-state index in [1.165, 1.54) is 6.07 Å². The van der Waals surface area contributed by atoms with Crippen LogP contribution in [0.15, 0.2) is 21.9 Å². The Bertz CT molecular complexity index is 522. The van der Waals surface area contributed by atoms with Gasteiger partial charge in [0.15, 0.2) is 9.84 Å². The number of hydrogen-bond donors (Lipinski definition) is 1. The van der Waals surface area contributed by atoms with Crippen molar-refractivity contribution in [2.24, 2.45) is 0 Å². The number of hydrogen-bond acceptors (Lipinski definition) is 7. The molecule has 0 atom stereocenters. The number of benzene rings is 1. The SMILES string of the molecule is Cc1cc(SOO[O-])c(O)cc1S(=O)(=O)CCI.[Na+]. The van der Waals surface area contributed by atoms with Crippen LogP contribution in [0, 0.1) is 6.92 Å². The summed E-state index contributed by atoms with van der Waals surface area (Å²) in [5.41, 5.74) is 0.467. The Balaban J connectivity index is 0.00000324. The van der Waals surface area contributed by atoms with Gasteiger partial charge in [-0.05, 0) is 18.6 Å². The minimum absolute atomic E-state index is 0. The normalized spacial score (nSPS) is 11.1. The van der Waals surface area contributed by atoms with Gasteiger partial charge in [0.2, 0.25) is 0 Å². The van der Waals surface area contributed by atoms with Crippen molar-refractivity contribution in [3.63, 3.8) is 0 Å². The first-order chi connectivity index (χ1) is 8.42. The monoisotopic (exact) mass is 428 g/mol. The Kier molecular flexibility index (Phi) is 9.49. The van der Waals surface area contributed by atoms with Gasteiger partial charge in [-0.15, -0.1) is 0 Å². The maximum atomic E-state index is 11.9. The second-order valence-electron chi connectivity index (χ2n) is 3.31. The molecule has 0 saturated carbocycles. The Morgan fingerprint density at radius 3 is 2.63 bits per heavy atom. The molecule has 0 saturated heterocycles. The van der Waals surface area contributed by atoms with Crippen LogP contribution in [-0.2, 0) is 19.2 Å². The molecule has 1 aromatic carbocycles. The van der Waals surface area contributed by atoms with Crippen molar-refractivity contribution in [3.05, 3.63) is 17.7 Å². The van der Waals surface area contributed by atoms with Gasteiger partial charge in [-0.1, -0.05) is 22.6 Å². The van der Waals surface area contributed by atoms with Gasteiger partial charge in [-0.3, -0.25) is 5.04 Å². The molecule has 0 spiro atoms. The third-order valence-electron chi connectivity index (χ3n) is 2.09. The van der Waals surface area contributed by atoms with Gasteiger partial charge in [-0.25, -0.2) is 8.42 Å². The van der Waals surface area contributed by atoms with Crippen LogP contribution in [0.25, 0.3) is 0 Å². The van der Waals surface area contributed by atoms with Gasteiger partial charge >= 0.3 is 29.6 Å². The molecule has 1 N–H and O–H groups in total. The van der Waals surface area contributed by atoms with Gasteiger partial charge in [0.25, 0.3) is 0 Å². The summed E-state index contributed by atoms with van der Waals surface area (Å²) >= 11 is 2.48. The molecule has 0 amide bonds. The Morgan fingerprint density at radius 2 is 2.11 bits per heavy atom. The predicted octanol–water partition coefficient (Wildman–Crippen LogP) is -1.86. The summed E-state index contributed by atoms with van der Waals surface area (Å²) in [6.07, 6.45) is 0. The fourth-order valence-electron chi connectivity index (χ4n) is 1.31. The van der Waals surface area contributed by atoms with E-state index >= 15 is 0 Å². The predicted molar refractivity (Wildman–Crippen MR) is 71.8 cm³/mol. The molecule has 0 aliphatic rings. The smallest absolute Gasteiger partial charge is 0.691 e. The molecule has 0 aromatic heterocycles. The van der Waals surface area contributed by atoms with Crippen molar-refractivity contribution >= 4 is 44.5 Å². The van der Waals surface area contributed by atoms with Crippen molar-refractivity contribution in [2.75, 3.05) is 10.2 Å². The van der Waals surface area contributed by atoms with Gasteiger partial charge in [0, 0.05) is 10.5 Å². The zero-order valence-corrected chi connectivity index (χ0v) is 16.0. The molecule has 0 fully saturated rings. The van der Waals surface area contributed by atoms with Crippen molar-refractivity contribution in [1.82, 2.24) is 0 Å². The first-order valence-corrected chi connectivity index (χ1v) is 8.60. The Morgan fingerprint density at radius 1 is 1.47 bits per heavy atom. The fraction of sp³-hybridized carbons (Fsp3) is 0.333. The number of alkyl halides is 1. The average molecular weight is 428 g/mol. The van der Waals surface area contributed by atoms with Gasteiger partial charge in [0.1, 0.15) is 5.75 Å².